The van der Waals surface area contributed by atoms with E-state index in [9.17, 15) is 14.7 Å². The number of aliphatic hydroxyl groups is 1. The number of ketones is 1. The number of hydrogen-bond acceptors (Lipinski definition) is 5. The van der Waals surface area contributed by atoms with Crippen LogP contribution in [-0.2, 0) is 17.6 Å². The molecule has 176 valence electrons. The number of aliphatic hydroxyl groups excluding tert-OH is 1. The summed E-state index contributed by atoms with van der Waals surface area (Å²) in [7, 11) is 0. The lowest BCUT2D eigenvalue weighted by molar-refractivity contribution is -0.118. The molecule has 0 fully saturated rings. The summed E-state index contributed by atoms with van der Waals surface area (Å²) in [6.45, 7) is 0.166. The van der Waals surface area contributed by atoms with E-state index in [-0.39, 0.29) is 24.0 Å². The Labute approximate surface area is 209 Å². The molecule has 0 radical (unpaired) electrons. The monoisotopic (exact) mass is 579 g/mol. The van der Waals surface area contributed by atoms with Gasteiger partial charge in [0, 0.05) is 30.4 Å². The van der Waals surface area contributed by atoms with Gasteiger partial charge in [0.25, 0.3) is 0 Å². The minimum Gasteiger partial charge on any atom is -0.506 e. The lowest BCUT2D eigenvalue weighted by Gasteiger charge is -2.07. The molecule has 3 aromatic rings. The van der Waals surface area contributed by atoms with Gasteiger partial charge >= 0.3 is 0 Å². The molecule has 6 nitrogen and oxygen atoms in total. The zero-order valence-electron chi connectivity index (χ0n) is 18.2. The molecule has 33 heavy (non-hydrogen) atoms. The van der Waals surface area contributed by atoms with Crippen LogP contribution in [0.3, 0.4) is 0 Å². The Balaban J connectivity index is 1.94. The standard InChI is InChI=1S/C25H27Br2NO5/c26-18-13-16(14-19(27)25(18)32)24(31)23-17-10-9-15(6-4-5-11-29)12-21(17)33-20(23)7-2-1-3-8-22(28)30/h9-10,12-14,29,32H,1-8,11H2,(H2,28,30). The van der Waals surface area contributed by atoms with E-state index in [2.05, 4.69) is 31.9 Å². The predicted octanol–water partition coefficient (Wildman–Crippen LogP) is 5.80. The molecule has 3 rings (SSSR count). The van der Waals surface area contributed by atoms with Gasteiger partial charge < -0.3 is 20.4 Å². The highest BCUT2D eigenvalue weighted by atomic mass is 79.9. The van der Waals surface area contributed by atoms with Crippen molar-refractivity contribution in [1.29, 1.82) is 0 Å². The fourth-order valence-electron chi connectivity index (χ4n) is 3.82. The van der Waals surface area contributed by atoms with Gasteiger partial charge in [-0.15, -0.1) is 0 Å². The molecular weight excluding hydrogens is 554 g/mol. The number of fused-ring (bicyclic) bond motifs is 1. The third-order valence-corrected chi connectivity index (χ3v) is 6.74. The highest BCUT2D eigenvalue weighted by molar-refractivity contribution is 9.11. The molecule has 0 saturated carbocycles. The number of halogens is 2. The average molecular weight is 581 g/mol. The molecule has 4 N–H and O–H groups in total. The maximum absolute atomic E-state index is 13.6. The van der Waals surface area contributed by atoms with Crippen molar-refractivity contribution in [3.63, 3.8) is 0 Å². The molecule has 1 heterocycles. The van der Waals surface area contributed by atoms with E-state index in [1.165, 1.54) is 0 Å². The number of primary amides is 1. The van der Waals surface area contributed by atoms with Crippen molar-refractivity contribution in [2.24, 2.45) is 5.73 Å². The van der Waals surface area contributed by atoms with E-state index >= 15 is 0 Å². The van der Waals surface area contributed by atoms with E-state index < -0.39 is 0 Å². The second-order valence-electron chi connectivity index (χ2n) is 8.06. The summed E-state index contributed by atoms with van der Waals surface area (Å²) in [5.74, 6) is 0.148. The first-order valence-electron chi connectivity index (χ1n) is 11.0. The van der Waals surface area contributed by atoms with Crippen molar-refractivity contribution >= 4 is 54.5 Å². The highest BCUT2D eigenvalue weighted by Crippen LogP contribution is 2.36. The number of furan rings is 1. The predicted molar refractivity (Wildman–Crippen MR) is 135 cm³/mol. The molecule has 0 spiro atoms. The topological polar surface area (TPSA) is 114 Å². The van der Waals surface area contributed by atoms with Gasteiger partial charge in [-0.25, -0.2) is 0 Å². The lowest BCUT2D eigenvalue weighted by atomic mass is 9.97. The Kier molecular flexibility index (Phi) is 9.11. The van der Waals surface area contributed by atoms with Crippen molar-refractivity contribution in [3.05, 3.63) is 61.7 Å². The zero-order chi connectivity index (χ0) is 24.0. The third-order valence-electron chi connectivity index (χ3n) is 5.53. The van der Waals surface area contributed by atoms with Crippen LogP contribution in [0.1, 0.15) is 65.8 Å². The molecule has 8 heteroatoms. The van der Waals surface area contributed by atoms with Crippen molar-refractivity contribution < 1.29 is 24.2 Å². The van der Waals surface area contributed by atoms with Crippen LogP contribution < -0.4 is 5.73 Å². The smallest absolute Gasteiger partial charge is 0.217 e. The summed E-state index contributed by atoms with van der Waals surface area (Å²) in [6, 6.07) is 9.07. The van der Waals surface area contributed by atoms with Crippen LogP contribution in [0, 0.1) is 0 Å². The number of phenols is 1. The molecule has 2 aromatic carbocycles. The summed E-state index contributed by atoms with van der Waals surface area (Å²) in [4.78, 5) is 24.5. The summed E-state index contributed by atoms with van der Waals surface area (Å²) in [5, 5.41) is 19.8. The van der Waals surface area contributed by atoms with Gasteiger partial charge in [-0.05, 0) is 87.7 Å². The number of rotatable bonds is 12. The second-order valence-corrected chi connectivity index (χ2v) is 9.76. The zero-order valence-corrected chi connectivity index (χ0v) is 21.4. The Morgan fingerprint density at radius 3 is 2.30 bits per heavy atom. The third kappa shape index (κ3) is 6.46. The minimum atomic E-state index is -0.313. The van der Waals surface area contributed by atoms with Crippen molar-refractivity contribution in [2.45, 2.75) is 51.4 Å². The molecule has 0 aliphatic carbocycles. The van der Waals surface area contributed by atoms with Crippen molar-refractivity contribution in [3.8, 4) is 5.75 Å². The number of aryl methyl sites for hydroxylation is 2. The average Bonchev–Trinajstić information content (AvgIpc) is 3.13. The summed E-state index contributed by atoms with van der Waals surface area (Å²) in [5.41, 5.74) is 7.91. The normalized spacial score (nSPS) is 11.2. The summed E-state index contributed by atoms with van der Waals surface area (Å²) in [6.07, 6.45) is 5.61. The van der Waals surface area contributed by atoms with Crippen LogP contribution in [0.15, 0.2) is 43.7 Å². The number of amides is 1. The lowest BCUT2D eigenvalue weighted by Crippen LogP contribution is -2.09. The van der Waals surface area contributed by atoms with Crippen LogP contribution in [0.4, 0.5) is 0 Å². The Morgan fingerprint density at radius 2 is 1.64 bits per heavy atom. The number of carbonyl (C=O) groups excluding carboxylic acids is 2. The Morgan fingerprint density at radius 1 is 0.939 bits per heavy atom. The van der Waals surface area contributed by atoms with Gasteiger partial charge in [-0.3, -0.25) is 9.59 Å². The molecule has 1 amide bonds. The summed E-state index contributed by atoms with van der Waals surface area (Å²) >= 11 is 6.59. The first-order chi connectivity index (χ1) is 15.8. The maximum Gasteiger partial charge on any atom is 0.217 e. The fourth-order valence-corrected chi connectivity index (χ4v) is 5.00. The van der Waals surface area contributed by atoms with Crippen LogP contribution >= 0.6 is 31.9 Å². The number of hydrogen-bond donors (Lipinski definition) is 3. The fraction of sp³-hybridized carbons (Fsp3) is 0.360. The van der Waals surface area contributed by atoms with Gasteiger partial charge in [-0.2, -0.15) is 0 Å². The summed E-state index contributed by atoms with van der Waals surface area (Å²) < 4.78 is 7.01. The number of benzene rings is 2. The molecule has 0 aliphatic heterocycles. The molecule has 0 bridgehead atoms. The molecule has 1 aromatic heterocycles. The number of phenolic OH excluding ortho intramolecular Hbond substituents is 1. The van der Waals surface area contributed by atoms with Crippen molar-refractivity contribution in [2.75, 3.05) is 6.61 Å². The largest absolute Gasteiger partial charge is 0.506 e. The van der Waals surface area contributed by atoms with E-state index in [0.29, 0.717) is 50.7 Å². The maximum atomic E-state index is 13.6. The van der Waals surface area contributed by atoms with E-state index in [1.54, 1.807) is 12.1 Å². The molecular formula is C25H27Br2NO5. The van der Waals surface area contributed by atoms with Gasteiger partial charge in [0.1, 0.15) is 17.1 Å². The van der Waals surface area contributed by atoms with Gasteiger partial charge in [0.05, 0.1) is 14.5 Å². The molecule has 0 atom stereocenters. The van der Waals surface area contributed by atoms with Gasteiger partial charge in [0.15, 0.2) is 5.78 Å². The first kappa shape index (κ1) is 25.5. The van der Waals surface area contributed by atoms with Crippen molar-refractivity contribution in [1.82, 2.24) is 0 Å². The number of nitrogens with two attached hydrogens (primary N) is 1. The van der Waals surface area contributed by atoms with Gasteiger partial charge in [-0.1, -0.05) is 18.6 Å². The quantitative estimate of drug-likeness (QED) is 0.185. The van der Waals surface area contributed by atoms with E-state index in [1.807, 2.05) is 18.2 Å². The van der Waals surface area contributed by atoms with E-state index in [0.717, 1.165) is 43.1 Å². The first-order valence-corrected chi connectivity index (χ1v) is 12.6. The van der Waals surface area contributed by atoms with Gasteiger partial charge in [0.2, 0.25) is 5.91 Å². The Bertz CT molecular complexity index is 1130. The second kappa shape index (κ2) is 11.8. The SMILES string of the molecule is NC(=O)CCCCCc1oc2cc(CCCCO)ccc2c1C(=O)c1cc(Br)c(O)c(Br)c1. The van der Waals surface area contributed by atoms with E-state index in [4.69, 9.17) is 15.3 Å². The minimum absolute atomic E-state index is 0.0331. The van der Waals surface area contributed by atoms with Crippen LogP contribution in [-0.4, -0.2) is 28.5 Å². The molecule has 0 aliphatic rings. The highest BCUT2D eigenvalue weighted by Gasteiger charge is 2.23. The number of carbonyl (C=O) groups is 2. The number of unbranched alkanes of at least 4 members (excludes halogenated alkanes) is 3. The number of aromatic hydroxyl groups is 1. The van der Waals surface area contributed by atoms with Crippen LogP contribution in [0.2, 0.25) is 0 Å². The Hall–Kier alpha value is -2.16. The molecule has 0 saturated heterocycles. The van der Waals surface area contributed by atoms with Crippen LogP contribution in [0.5, 0.6) is 5.75 Å². The van der Waals surface area contributed by atoms with Crippen LogP contribution in [0.25, 0.3) is 11.0 Å². The molecule has 0 unspecified atom stereocenters.